The van der Waals surface area contributed by atoms with Crippen molar-refractivity contribution < 1.29 is 18.0 Å². The minimum atomic E-state index is -2.21. The van der Waals surface area contributed by atoms with E-state index in [2.05, 4.69) is 144 Å². The van der Waals surface area contributed by atoms with Crippen LogP contribution in [-0.2, 0) is 18.0 Å². The maximum absolute atomic E-state index is 7.30. The number of hydrogen-bond acceptors (Lipinski definition) is 5. The summed E-state index contributed by atoms with van der Waals surface area (Å²) in [6.07, 6.45) is -1.15. The van der Waals surface area contributed by atoms with Crippen molar-refractivity contribution in [1.29, 1.82) is 0 Å². The molecule has 0 N–H and O–H groups in total. The molecular weight excluding hydrogens is 571 g/mol. The van der Waals surface area contributed by atoms with Crippen LogP contribution in [0.3, 0.4) is 0 Å². The highest BCUT2D eigenvalue weighted by Gasteiger charge is 2.55. The van der Waals surface area contributed by atoms with E-state index >= 15 is 0 Å². The molecule has 1 saturated heterocycles. The zero-order valence-electron chi connectivity index (χ0n) is 29.2. The van der Waals surface area contributed by atoms with Crippen LogP contribution in [0.2, 0.25) is 54.4 Å². The smallest absolute Gasteiger partial charge is 0.192 e. The molecule has 0 unspecified atom stereocenters. The summed E-state index contributed by atoms with van der Waals surface area (Å²) in [5, 5.41) is 0.181. The lowest BCUT2D eigenvalue weighted by Gasteiger charge is -2.44. The van der Waals surface area contributed by atoms with E-state index in [1.54, 1.807) is 0 Å². The number of rotatable bonds is 9. The van der Waals surface area contributed by atoms with Gasteiger partial charge in [0.2, 0.25) is 0 Å². The van der Waals surface area contributed by atoms with Gasteiger partial charge >= 0.3 is 0 Å². The fourth-order valence-electron chi connectivity index (χ4n) is 4.29. The normalized spacial score (nSPS) is 22.9. The molecule has 0 bridgehead atoms. The SMILES string of the molecule is CC(C)(C)[Si](C)(C)OC[C@H]1O[C@@H](c2cccc(-c3ccccc3)n2)[C@H](O[Si](C)(C)C(C)(C)C)[C@@H]1O[Si](C)(C)C(C)(C)C. The van der Waals surface area contributed by atoms with Gasteiger partial charge in [0.15, 0.2) is 25.0 Å². The number of benzene rings is 1. The first-order valence-corrected chi connectivity index (χ1v) is 24.4. The lowest BCUT2D eigenvalue weighted by molar-refractivity contribution is -0.0185. The summed E-state index contributed by atoms with van der Waals surface area (Å²) >= 11 is 0. The van der Waals surface area contributed by atoms with Crippen molar-refractivity contribution >= 4 is 25.0 Å². The predicted octanol–water partition coefficient (Wildman–Crippen LogP) is 9.99. The van der Waals surface area contributed by atoms with E-state index in [1.807, 2.05) is 6.07 Å². The van der Waals surface area contributed by atoms with Gasteiger partial charge in [0.05, 0.1) is 18.0 Å². The Labute approximate surface area is 260 Å². The van der Waals surface area contributed by atoms with Crippen molar-refractivity contribution in [1.82, 2.24) is 4.98 Å². The number of aromatic nitrogens is 1. The van der Waals surface area contributed by atoms with Crippen LogP contribution in [-0.4, -0.2) is 54.9 Å². The zero-order chi connectivity index (χ0) is 31.9. The Morgan fingerprint density at radius 2 is 1.14 bits per heavy atom. The van der Waals surface area contributed by atoms with Crippen LogP contribution in [0.1, 0.15) is 74.1 Å². The average molecular weight is 630 g/mol. The standard InChI is InChI=1S/C34H59NO4Si3/c1-32(2,3)40(10,11)36-24-28-30(38-41(12,13)33(4,5)6)31(39-42(14,15)34(7,8)9)29(37-28)27-23-19-22-26(35-27)25-20-17-16-18-21-25/h16-23,28-31H,24H2,1-15H3/t28-,29+,30-,31+/m1/s1. The van der Waals surface area contributed by atoms with E-state index in [0.717, 1.165) is 17.0 Å². The first kappa shape index (κ1) is 35.3. The number of ether oxygens (including phenoxy) is 1. The molecule has 236 valence electrons. The quantitative estimate of drug-likeness (QED) is 0.258. The lowest BCUT2D eigenvalue weighted by Crippen LogP contribution is -2.54. The molecule has 8 heteroatoms. The van der Waals surface area contributed by atoms with Crippen molar-refractivity contribution in [2.75, 3.05) is 6.61 Å². The molecule has 2 heterocycles. The highest BCUT2D eigenvalue weighted by molar-refractivity contribution is 6.75. The largest absolute Gasteiger partial charge is 0.414 e. The maximum Gasteiger partial charge on any atom is 0.192 e. The van der Waals surface area contributed by atoms with Crippen LogP contribution >= 0.6 is 0 Å². The van der Waals surface area contributed by atoms with Gasteiger partial charge in [-0.15, -0.1) is 0 Å². The van der Waals surface area contributed by atoms with Crippen molar-refractivity contribution in [3.05, 3.63) is 54.2 Å². The second-order valence-electron chi connectivity index (χ2n) is 16.7. The van der Waals surface area contributed by atoms with Crippen LogP contribution < -0.4 is 0 Å². The second kappa shape index (κ2) is 12.3. The van der Waals surface area contributed by atoms with E-state index in [-0.39, 0.29) is 39.5 Å². The molecule has 0 spiro atoms. The summed E-state index contributed by atoms with van der Waals surface area (Å²) in [4.78, 5) is 5.16. The highest BCUT2D eigenvalue weighted by atomic mass is 28.4. The van der Waals surface area contributed by atoms with Crippen LogP contribution in [0, 0.1) is 0 Å². The summed E-state index contributed by atoms with van der Waals surface area (Å²) in [6.45, 7) is 35.0. The fraction of sp³-hybridized carbons (Fsp3) is 0.676. The molecule has 1 aliphatic heterocycles. The summed E-state index contributed by atoms with van der Waals surface area (Å²) in [6, 6.07) is 16.6. The molecule has 0 aliphatic carbocycles. The van der Waals surface area contributed by atoms with E-state index in [9.17, 15) is 0 Å². The van der Waals surface area contributed by atoms with Gasteiger partial charge in [-0.3, -0.25) is 0 Å². The third-order valence-electron chi connectivity index (χ3n) is 10.3. The third-order valence-corrected chi connectivity index (χ3v) is 23.8. The molecule has 1 aromatic heterocycles. The van der Waals surface area contributed by atoms with Crippen LogP contribution in [0.25, 0.3) is 11.3 Å². The van der Waals surface area contributed by atoms with Gasteiger partial charge < -0.3 is 18.0 Å². The maximum atomic E-state index is 7.30. The Balaban J connectivity index is 2.12. The molecule has 2 aromatic rings. The number of hydrogen-bond donors (Lipinski definition) is 0. The zero-order valence-corrected chi connectivity index (χ0v) is 32.2. The fourth-order valence-corrected chi connectivity index (χ4v) is 7.92. The minimum absolute atomic E-state index is 0.0358. The average Bonchev–Trinajstić information content (AvgIpc) is 3.17. The predicted molar refractivity (Wildman–Crippen MR) is 185 cm³/mol. The first-order chi connectivity index (χ1) is 19.0. The summed E-state index contributed by atoms with van der Waals surface area (Å²) in [5.41, 5.74) is 2.91. The van der Waals surface area contributed by atoms with Gasteiger partial charge in [-0.25, -0.2) is 4.98 Å². The van der Waals surface area contributed by atoms with Gasteiger partial charge in [0.25, 0.3) is 0 Å². The highest BCUT2D eigenvalue weighted by Crippen LogP contribution is 2.47. The van der Waals surface area contributed by atoms with Crippen molar-refractivity contribution in [3.63, 3.8) is 0 Å². The van der Waals surface area contributed by atoms with Crippen LogP contribution in [0.5, 0.6) is 0 Å². The Morgan fingerprint density at radius 1 is 0.643 bits per heavy atom. The van der Waals surface area contributed by atoms with Crippen molar-refractivity contribution in [2.45, 2.75) is 141 Å². The van der Waals surface area contributed by atoms with Gasteiger partial charge in [-0.05, 0) is 66.5 Å². The van der Waals surface area contributed by atoms with Crippen LogP contribution in [0.15, 0.2) is 48.5 Å². The van der Waals surface area contributed by atoms with Gasteiger partial charge in [-0.2, -0.15) is 0 Å². The molecule has 1 aromatic carbocycles. The monoisotopic (exact) mass is 629 g/mol. The molecule has 1 aliphatic rings. The van der Waals surface area contributed by atoms with E-state index in [1.165, 1.54) is 0 Å². The van der Waals surface area contributed by atoms with E-state index < -0.39 is 25.0 Å². The van der Waals surface area contributed by atoms with Crippen LogP contribution in [0.4, 0.5) is 0 Å². The van der Waals surface area contributed by atoms with E-state index in [0.29, 0.717) is 6.61 Å². The van der Waals surface area contributed by atoms with Gasteiger partial charge in [-0.1, -0.05) is 98.7 Å². The summed E-state index contributed by atoms with van der Waals surface area (Å²) in [5.74, 6) is 0. The molecule has 1 fully saturated rings. The lowest BCUT2D eigenvalue weighted by atomic mass is 10.0. The first-order valence-electron chi connectivity index (χ1n) is 15.6. The summed E-state index contributed by atoms with van der Waals surface area (Å²) < 4.78 is 28.4. The van der Waals surface area contributed by atoms with Gasteiger partial charge in [0, 0.05) is 5.56 Å². The van der Waals surface area contributed by atoms with Crippen molar-refractivity contribution in [3.8, 4) is 11.3 Å². The molecule has 5 nitrogen and oxygen atoms in total. The Morgan fingerprint density at radius 3 is 1.64 bits per heavy atom. The Kier molecular flexibility index (Phi) is 10.4. The molecule has 0 radical (unpaired) electrons. The second-order valence-corrected chi connectivity index (χ2v) is 31.0. The molecule has 42 heavy (non-hydrogen) atoms. The van der Waals surface area contributed by atoms with Crippen molar-refractivity contribution in [2.24, 2.45) is 0 Å². The topological polar surface area (TPSA) is 49.8 Å². The molecule has 4 atom stereocenters. The Bertz CT molecular complexity index is 1180. The molecular formula is C34H59NO4Si3. The summed E-state index contributed by atoms with van der Waals surface area (Å²) in [7, 11) is -6.42. The van der Waals surface area contributed by atoms with Gasteiger partial charge in [0.1, 0.15) is 24.4 Å². The minimum Gasteiger partial charge on any atom is -0.414 e. The number of nitrogens with zero attached hydrogens (tertiary/aromatic N) is 1. The van der Waals surface area contributed by atoms with E-state index in [4.69, 9.17) is 23.0 Å². The molecule has 3 rings (SSSR count). The molecule has 0 amide bonds. The number of pyridine rings is 1. The molecule has 0 saturated carbocycles. The Hall–Kier alpha value is -1.14. The third kappa shape index (κ3) is 7.92.